The lowest BCUT2D eigenvalue weighted by molar-refractivity contribution is -0.139. The molecule has 138 valence electrons. The summed E-state index contributed by atoms with van der Waals surface area (Å²) >= 11 is 1.57. The Morgan fingerprint density at radius 2 is 1.77 bits per heavy atom. The van der Waals surface area contributed by atoms with E-state index in [4.69, 9.17) is 4.74 Å². The number of thiophene rings is 1. The number of amides is 2. The van der Waals surface area contributed by atoms with E-state index in [1.165, 1.54) is 5.56 Å². The van der Waals surface area contributed by atoms with Crippen molar-refractivity contribution in [1.82, 2.24) is 10.6 Å². The quantitative estimate of drug-likeness (QED) is 0.766. The molecule has 5 nitrogen and oxygen atoms in total. The molecule has 0 spiro atoms. The highest BCUT2D eigenvalue weighted by Crippen LogP contribution is 2.41. The molecule has 1 aliphatic rings. The molecule has 6 heteroatoms. The smallest absolute Gasteiger partial charge is 0.309 e. The van der Waals surface area contributed by atoms with Gasteiger partial charge in [-0.3, -0.25) is 9.59 Å². The van der Waals surface area contributed by atoms with Gasteiger partial charge in [-0.1, -0.05) is 25.0 Å². The number of rotatable bonds is 6. The molecule has 1 fully saturated rings. The number of benzene rings is 1. The van der Waals surface area contributed by atoms with Crippen molar-refractivity contribution in [3.05, 3.63) is 52.2 Å². The van der Waals surface area contributed by atoms with Crippen LogP contribution in [0.15, 0.2) is 41.1 Å². The molecule has 2 N–H and O–H groups in total. The summed E-state index contributed by atoms with van der Waals surface area (Å²) in [5.74, 6) is -0.335. The number of hydrogen-bond acceptors (Lipinski definition) is 4. The predicted molar refractivity (Wildman–Crippen MR) is 102 cm³/mol. The van der Waals surface area contributed by atoms with Crippen molar-refractivity contribution in [2.45, 2.75) is 37.6 Å². The number of carbonyl (C=O) groups excluding carboxylic acids is 2. The maximum absolute atomic E-state index is 12.2. The summed E-state index contributed by atoms with van der Waals surface area (Å²) in [5, 5.41) is 9.41. The van der Waals surface area contributed by atoms with Crippen molar-refractivity contribution in [2.75, 3.05) is 13.7 Å². The third-order valence-electron chi connectivity index (χ3n) is 5.09. The molecule has 1 aromatic heterocycles. The fourth-order valence-corrected chi connectivity index (χ4v) is 4.22. The number of hydrogen-bond donors (Lipinski definition) is 2. The van der Waals surface area contributed by atoms with E-state index in [0.717, 1.165) is 37.0 Å². The molecule has 3 rings (SSSR count). The second-order valence-electron chi connectivity index (χ2n) is 6.71. The highest BCUT2D eigenvalue weighted by molar-refractivity contribution is 7.07. The van der Waals surface area contributed by atoms with Gasteiger partial charge in [0.2, 0.25) is 0 Å². The minimum atomic E-state index is -0.584. The van der Waals surface area contributed by atoms with E-state index in [2.05, 4.69) is 22.8 Å². The molecule has 0 saturated heterocycles. The minimum absolute atomic E-state index is 0.102. The van der Waals surface area contributed by atoms with Gasteiger partial charge in [-0.15, -0.1) is 0 Å². The second kappa shape index (κ2) is 8.36. The summed E-state index contributed by atoms with van der Waals surface area (Å²) in [6.07, 6.45) is 4.28. The molecule has 0 bridgehead atoms. The van der Waals surface area contributed by atoms with Crippen LogP contribution in [0.4, 0.5) is 0 Å². The molecule has 1 aromatic carbocycles. The van der Waals surface area contributed by atoms with Crippen LogP contribution in [0.1, 0.15) is 36.8 Å². The molecule has 26 heavy (non-hydrogen) atoms. The van der Waals surface area contributed by atoms with Crippen LogP contribution in [0.5, 0.6) is 5.75 Å². The van der Waals surface area contributed by atoms with Crippen molar-refractivity contribution >= 4 is 23.2 Å². The van der Waals surface area contributed by atoms with Gasteiger partial charge >= 0.3 is 11.8 Å². The largest absolute Gasteiger partial charge is 0.497 e. The Hall–Kier alpha value is -2.34. The van der Waals surface area contributed by atoms with Gasteiger partial charge in [0, 0.05) is 18.5 Å². The lowest BCUT2D eigenvalue weighted by atomic mass is 9.78. The Balaban J connectivity index is 1.59. The van der Waals surface area contributed by atoms with Crippen LogP contribution in [-0.2, 0) is 21.5 Å². The Bertz CT molecular complexity index is 735. The summed E-state index contributed by atoms with van der Waals surface area (Å²) in [6, 6.07) is 9.95. The van der Waals surface area contributed by atoms with Gasteiger partial charge in [-0.25, -0.2) is 0 Å². The Labute approximate surface area is 157 Å². The maximum Gasteiger partial charge on any atom is 0.309 e. The van der Waals surface area contributed by atoms with Crippen LogP contribution >= 0.6 is 11.3 Å². The summed E-state index contributed by atoms with van der Waals surface area (Å²) in [7, 11) is 1.65. The zero-order chi connectivity index (χ0) is 18.4. The molecule has 0 aliphatic heterocycles. The average Bonchev–Trinajstić information content (AvgIpc) is 3.37. The molecule has 0 unspecified atom stereocenters. The summed E-state index contributed by atoms with van der Waals surface area (Å²) in [4.78, 5) is 24.2. The van der Waals surface area contributed by atoms with E-state index >= 15 is 0 Å². The SMILES string of the molecule is COc1ccc(C2(CNC(=O)C(=O)NCc3ccsc3)CCCC2)cc1. The Morgan fingerprint density at radius 1 is 1.08 bits per heavy atom. The van der Waals surface area contributed by atoms with Crippen molar-refractivity contribution in [2.24, 2.45) is 0 Å². The number of carbonyl (C=O) groups is 2. The van der Waals surface area contributed by atoms with Crippen LogP contribution in [0.25, 0.3) is 0 Å². The topological polar surface area (TPSA) is 67.4 Å². The van der Waals surface area contributed by atoms with Crippen LogP contribution in [0.2, 0.25) is 0 Å². The van der Waals surface area contributed by atoms with Crippen molar-refractivity contribution in [1.29, 1.82) is 0 Å². The van der Waals surface area contributed by atoms with Gasteiger partial charge in [0.15, 0.2) is 0 Å². The first kappa shape index (κ1) is 18.5. The van der Waals surface area contributed by atoms with E-state index in [-0.39, 0.29) is 5.41 Å². The molecule has 2 aromatic rings. The highest BCUT2D eigenvalue weighted by Gasteiger charge is 2.36. The lowest BCUT2D eigenvalue weighted by Gasteiger charge is -2.30. The van der Waals surface area contributed by atoms with Gasteiger partial charge < -0.3 is 15.4 Å². The number of methoxy groups -OCH3 is 1. The fourth-order valence-electron chi connectivity index (χ4n) is 3.55. The van der Waals surface area contributed by atoms with Gasteiger partial charge in [0.1, 0.15) is 5.75 Å². The molecule has 1 heterocycles. The lowest BCUT2D eigenvalue weighted by Crippen LogP contribution is -2.45. The number of nitrogens with one attached hydrogen (secondary N) is 2. The van der Waals surface area contributed by atoms with Crippen LogP contribution in [0, 0.1) is 0 Å². The van der Waals surface area contributed by atoms with Crippen molar-refractivity contribution < 1.29 is 14.3 Å². The Kier molecular flexibility index (Phi) is 5.93. The van der Waals surface area contributed by atoms with Gasteiger partial charge in [0.25, 0.3) is 0 Å². The van der Waals surface area contributed by atoms with E-state index < -0.39 is 11.8 Å². The second-order valence-corrected chi connectivity index (χ2v) is 7.49. The third kappa shape index (κ3) is 4.25. The van der Waals surface area contributed by atoms with E-state index in [1.807, 2.05) is 29.0 Å². The molecule has 2 amide bonds. The van der Waals surface area contributed by atoms with Crippen LogP contribution in [-0.4, -0.2) is 25.5 Å². The first-order valence-electron chi connectivity index (χ1n) is 8.85. The molecular formula is C20H24N2O3S. The normalized spacial score (nSPS) is 15.4. The first-order valence-corrected chi connectivity index (χ1v) is 9.79. The van der Waals surface area contributed by atoms with Crippen molar-refractivity contribution in [3.8, 4) is 5.75 Å². The fraction of sp³-hybridized carbons (Fsp3) is 0.400. The molecule has 0 atom stereocenters. The highest BCUT2D eigenvalue weighted by atomic mass is 32.1. The summed E-state index contributed by atoms with van der Waals surface area (Å²) in [5.41, 5.74) is 2.09. The van der Waals surface area contributed by atoms with Gasteiger partial charge in [0.05, 0.1) is 7.11 Å². The van der Waals surface area contributed by atoms with Crippen molar-refractivity contribution in [3.63, 3.8) is 0 Å². The van der Waals surface area contributed by atoms with Crippen LogP contribution < -0.4 is 15.4 Å². The first-order chi connectivity index (χ1) is 12.6. The monoisotopic (exact) mass is 372 g/mol. The van der Waals surface area contributed by atoms with Gasteiger partial charge in [-0.05, 0) is 52.9 Å². The molecule has 0 radical (unpaired) electrons. The summed E-state index contributed by atoms with van der Waals surface area (Å²) in [6.45, 7) is 0.851. The summed E-state index contributed by atoms with van der Waals surface area (Å²) < 4.78 is 5.23. The zero-order valence-electron chi connectivity index (χ0n) is 14.9. The zero-order valence-corrected chi connectivity index (χ0v) is 15.7. The predicted octanol–water partition coefficient (Wildman–Crippen LogP) is 3.00. The average molecular weight is 372 g/mol. The number of ether oxygens (including phenoxy) is 1. The molecule has 1 aliphatic carbocycles. The standard InChI is InChI=1S/C20H24N2O3S/c1-25-17-6-4-16(5-7-17)20(9-2-3-10-20)14-22-19(24)18(23)21-12-15-8-11-26-13-15/h4-8,11,13H,2-3,9-10,12,14H2,1H3,(H,21,23)(H,22,24). The van der Waals surface area contributed by atoms with E-state index in [0.29, 0.717) is 13.1 Å². The van der Waals surface area contributed by atoms with Crippen LogP contribution in [0.3, 0.4) is 0 Å². The van der Waals surface area contributed by atoms with E-state index in [1.54, 1.807) is 18.4 Å². The minimum Gasteiger partial charge on any atom is -0.497 e. The molecule has 1 saturated carbocycles. The third-order valence-corrected chi connectivity index (χ3v) is 5.82. The van der Waals surface area contributed by atoms with E-state index in [9.17, 15) is 9.59 Å². The van der Waals surface area contributed by atoms with Gasteiger partial charge in [-0.2, -0.15) is 11.3 Å². The Morgan fingerprint density at radius 3 is 2.38 bits per heavy atom. The molecular weight excluding hydrogens is 348 g/mol. The maximum atomic E-state index is 12.2.